The van der Waals surface area contributed by atoms with E-state index in [9.17, 15) is 0 Å². The maximum Gasteiger partial charge on any atom is 0.0369 e. The molecule has 0 aliphatic rings. The van der Waals surface area contributed by atoms with E-state index in [1.54, 1.807) is 0 Å². The molecule has 0 aliphatic carbocycles. The lowest BCUT2D eigenvalue weighted by Crippen LogP contribution is -1.79. The van der Waals surface area contributed by atoms with Gasteiger partial charge in [-0.15, -0.1) is 0 Å². The molecule has 0 saturated carbocycles. The van der Waals surface area contributed by atoms with Gasteiger partial charge in [0.1, 0.15) is 0 Å². The van der Waals surface area contributed by atoms with Crippen molar-refractivity contribution in [3.63, 3.8) is 0 Å². The summed E-state index contributed by atoms with van der Waals surface area (Å²) in [5, 5.41) is 0. The highest BCUT2D eigenvalue weighted by molar-refractivity contribution is 5.92. The lowest BCUT2D eigenvalue weighted by atomic mass is 10.4. The largest absolute Gasteiger partial charge is 0.262 e. The van der Waals surface area contributed by atoms with E-state index in [1.165, 1.54) is 12.6 Å². The molecule has 0 aromatic heterocycles. The number of nitrogens with zero attached hydrogens (tertiary/aromatic N) is 1. The van der Waals surface area contributed by atoms with Gasteiger partial charge in [0.25, 0.3) is 0 Å². The zero-order chi connectivity index (χ0) is 9.11. The summed E-state index contributed by atoms with van der Waals surface area (Å²) in [6, 6.07) is 0. The molecule has 0 N–H and O–H groups in total. The third-order valence-electron chi connectivity index (χ3n) is 0.703. The second-order valence-corrected chi connectivity index (χ2v) is 2.16. The summed E-state index contributed by atoms with van der Waals surface area (Å²) in [6.07, 6.45) is 6.67. The van der Waals surface area contributed by atoms with Gasteiger partial charge in [-0.3, -0.25) is 4.99 Å². The second-order valence-electron chi connectivity index (χ2n) is 2.16. The zero-order valence-electron chi connectivity index (χ0n) is 8.09. The second kappa shape index (κ2) is 11.9. The Bertz CT molecular complexity index is 132. The van der Waals surface area contributed by atoms with Crippen molar-refractivity contribution in [1.82, 2.24) is 0 Å². The zero-order valence-corrected chi connectivity index (χ0v) is 8.09. The van der Waals surface area contributed by atoms with Gasteiger partial charge in [-0.2, -0.15) is 0 Å². The highest BCUT2D eigenvalue weighted by Gasteiger charge is 1.73. The Hall–Kier alpha value is -0.850. The van der Waals surface area contributed by atoms with Crippen LogP contribution in [0.5, 0.6) is 0 Å². The van der Waals surface area contributed by atoms with Gasteiger partial charge < -0.3 is 0 Å². The van der Waals surface area contributed by atoms with Crippen molar-refractivity contribution in [2.24, 2.45) is 4.99 Å². The molecule has 64 valence electrons. The topological polar surface area (TPSA) is 12.4 Å². The first-order valence-electron chi connectivity index (χ1n) is 4.00. The molecule has 0 fully saturated rings. The fourth-order valence-electron chi connectivity index (χ4n) is 0.428. The van der Waals surface area contributed by atoms with Crippen LogP contribution in [0.1, 0.15) is 34.1 Å². The summed E-state index contributed by atoms with van der Waals surface area (Å²) in [7, 11) is 0. The fourth-order valence-corrected chi connectivity index (χ4v) is 0.428. The first kappa shape index (κ1) is 12.8. The minimum atomic E-state index is 0.988. The summed E-state index contributed by atoms with van der Waals surface area (Å²) in [6.45, 7) is 11.6. The van der Waals surface area contributed by atoms with E-state index in [2.05, 4.69) is 25.4 Å². The number of allylic oxidation sites excluding steroid dienone is 2. The molecular formula is C10H19N. The van der Waals surface area contributed by atoms with Crippen molar-refractivity contribution in [2.75, 3.05) is 0 Å². The summed E-state index contributed by atoms with van der Waals surface area (Å²) >= 11 is 0. The lowest BCUT2D eigenvalue weighted by molar-refractivity contribution is 1.09. The average Bonchev–Trinajstić information content (AvgIpc) is 1.90. The van der Waals surface area contributed by atoms with E-state index in [-0.39, 0.29) is 0 Å². The van der Waals surface area contributed by atoms with Crippen LogP contribution in [0.3, 0.4) is 0 Å². The minimum Gasteiger partial charge on any atom is -0.262 e. The number of hydrogen-bond donors (Lipinski definition) is 0. The van der Waals surface area contributed by atoms with Crippen LogP contribution in [-0.2, 0) is 0 Å². The summed E-state index contributed by atoms with van der Waals surface area (Å²) < 4.78 is 0. The van der Waals surface area contributed by atoms with Gasteiger partial charge in [0.05, 0.1) is 0 Å². The van der Waals surface area contributed by atoms with Crippen molar-refractivity contribution in [2.45, 2.75) is 34.1 Å². The predicted molar refractivity (Wildman–Crippen MR) is 54.1 cm³/mol. The van der Waals surface area contributed by atoms with E-state index in [0.717, 1.165) is 5.71 Å². The Kier molecular flexibility index (Phi) is 13.8. The molecule has 0 aliphatic heterocycles. The van der Waals surface area contributed by atoms with Crippen LogP contribution < -0.4 is 0 Å². The number of hydrogen-bond acceptors (Lipinski definition) is 1. The van der Waals surface area contributed by atoms with Crippen LogP contribution in [0.2, 0.25) is 0 Å². The van der Waals surface area contributed by atoms with Crippen LogP contribution in [0.4, 0.5) is 0 Å². The van der Waals surface area contributed by atoms with E-state index in [4.69, 9.17) is 0 Å². The molecule has 0 aromatic rings. The van der Waals surface area contributed by atoms with Gasteiger partial charge in [0.15, 0.2) is 0 Å². The molecule has 11 heavy (non-hydrogen) atoms. The molecule has 0 bridgehead atoms. The molecule has 0 rings (SSSR count). The average molecular weight is 153 g/mol. The Balaban J connectivity index is 0. The van der Waals surface area contributed by atoms with Gasteiger partial charge in [-0.1, -0.05) is 32.9 Å². The van der Waals surface area contributed by atoms with E-state index in [0.29, 0.717) is 0 Å². The maximum atomic E-state index is 3.91. The molecule has 1 heteroatoms. The van der Waals surface area contributed by atoms with Gasteiger partial charge in [-0.25, -0.2) is 0 Å². The first-order chi connectivity index (χ1) is 5.22. The molecule has 0 heterocycles. The molecule has 0 spiro atoms. The Morgan fingerprint density at radius 3 is 2.18 bits per heavy atom. The van der Waals surface area contributed by atoms with E-state index >= 15 is 0 Å². The third kappa shape index (κ3) is 17.6. The smallest absolute Gasteiger partial charge is 0.0369 e. The SMILES string of the molecule is C=CN=C(C)/C=C\C.CCC. The van der Waals surface area contributed by atoms with E-state index < -0.39 is 0 Å². The van der Waals surface area contributed by atoms with E-state index in [1.807, 2.05) is 26.0 Å². The standard InChI is InChI=1S/C7H11N.C3H8/c1-4-6-7(3)8-5-2;1-3-2/h4-6H,2H2,1,3H3;3H2,1-2H3/b6-4-,8-7?;. The molecular weight excluding hydrogens is 134 g/mol. The third-order valence-corrected chi connectivity index (χ3v) is 0.703. The number of aliphatic imine (C=N–C) groups is 1. The van der Waals surface area contributed by atoms with Crippen LogP contribution in [0.15, 0.2) is 29.9 Å². The van der Waals surface area contributed by atoms with Gasteiger partial charge in [0.2, 0.25) is 0 Å². The molecule has 0 saturated heterocycles. The van der Waals surface area contributed by atoms with Gasteiger partial charge >= 0.3 is 0 Å². The molecule has 0 unspecified atom stereocenters. The Morgan fingerprint density at radius 1 is 1.45 bits per heavy atom. The Morgan fingerprint density at radius 2 is 1.91 bits per heavy atom. The van der Waals surface area contributed by atoms with Crippen molar-refractivity contribution in [3.05, 3.63) is 24.9 Å². The highest BCUT2D eigenvalue weighted by Crippen LogP contribution is 1.79. The van der Waals surface area contributed by atoms with Crippen LogP contribution in [-0.4, -0.2) is 5.71 Å². The normalized spacial score (nSPS) is 10.7. The van der Waals surface area contributed by atoms with Crippen LogP contribution in [0, 0.1) is 0 Å². The van der Waals surface area contributed by atoms with Crippen molar-refractivity contribution in [1.29, 1.82) is 0 Å². The Labute approximate surface area is 70.5 Å². The number of rotatable bonds is 2. The minimum absolute atomic E-state index is 0.988. The first-order valence-corrected chi connectivity index (χ1v) is 4.00. The fraction of sp³-hybridized carbons (Fsp3) is 0.500. The molecule has 0 amide bonds. The monoisotopic (exact) mass is 153 g/mol. The molecule has 0 atom stereocenters. The van der Waals surface area contributed by atoms with Crippen LogP contribution >= 0.6 is 0 Å². The summed E-state index contributed by atoms with van der Waals surface area (Å²) in [5.41, 5.74) is 0.988. The maximum absolute atomic E-state index is 3.91. The molecule has 0 radical (unpaired) electrons. The highest BCUT2D eigenvalue weighted by atomic mass is 14.7. The van der Waals surface area contributed by atoms with Crippen molar-refractivity contribution in [3.8, 4) is 0 Å². The van der Waals surface area contributed by atoms with Crippen LogP contribution in [0.25, 0.3) is 0 Å². The predicted octanol–water partition coefficient (Wildman–Crippen LogP) is 3.58. The molecule has 1 nitrogen and oxygen atoms in total. The summed E-state index contributed by atoms with van der Waals surface area (Å²) in [4.78, 5) is 3.91. The van der Waals surface area contributed by atoms with Gasteiger partial charge in [0, 0.05) is 11.9 Å². The summed E-state index contributed by atoms with van der Waals surface area (Å²) in [5.74, 6) is 0. The lowest BCUT2D eigenvalue weighted by Gasteiger charge is -1.82. The quantitative estimate of drug-likeness (QED) is 0.538. The van der Waals surface area contributed by atoms with Crippen molar-refractivity contribution < 1.29 is 0 Å². The van der Waals surface area contributed by atoms with Gasteiger partial charge in [-0.05, 0) is 19.9 Å². The molecule has 0 aromatic carbocycles. The van der Waals surface area contributed by atoms with Crippen molar-refractivity contribution >= 4 is 5.71 Å².